The van der Waals surface area contributed by atoms with Crippen molar-refractivity contribution < 1.29 is 23.7 Å². The maximum Gasteiger partial charge on any atom is 0.246 e. The number of hydrogen-bond acceptors (Lipinski definition) is 8. The van der Waals surface area contributed by atoms with Gasteiger partial charge in [0.15, 0.2) is 0 Å². The number of hydrogen-bond donors (Lipinski definition) is 0. The van der Waals surface area contributed by atoms with Gasteiger partial charge in [-0.15, -0.1) is 0 Å². The molecule has 1 aliphatic heterocycles. The maximum atomic E-state index is 13.0. The van der Waals surface area contributed by atoms with Gasteiger partial charge in [0.2, 0.25) is 11.8 Å². The summed E-state index contributed by atoms with van der Waals surface area (Å²) in [4.78, 5) is 21.5. The second-order valence-electron chi connectivity index (χ2n) is 12.3. The first-order valence-electron chi connectivity index (χ1n) is 17.0. The Balaban J connectivity index is 0.907. The van der Waals surface area contributed by atoms with E-state index in [1.54, 1.807) is 61.9 Å². The van der Waals surface area contributed by atoms with Crippen LogP contribution in [0.2, 0.25) is 5.02 Å². The standard InChI is InChI=1S/C42H39ClN4O5/c1-49-36-3-2-4-37(26-36)50-24-19-31-5-9-34(10-6-31)29-46-20-22-47(23-21-46)42(48)18-14-32-13-16-40(39(43)25-32)52-41-17-15-38(28-45-41)51-30-35-11-7-33(27-44)8-12-35/h2-18,25-26,28H,19-24,29-30H2,1H3/b18-14+. The van der Waals surface area contributed by atoms with Crippen LogP contribution in [-0.4, -0.2) is 60.6 Å². The van der Waals surface area contributed by atoms with Gasteiger partial charge in [0.25, 0.3) is 0 Å². The van der Waals surface area contributed by atoms with Gasteiger partial charge in [-0.05, 0) is 70.8 Å². The summed E-state index contributed by atoms with van der Waals surface area (Å²) in [5.41, 5.74) is 4.82. The number of piperazine rings is 1. The van der Waals surface area contributed by atoms with Crippen molar-refractivity contribution in [3.05, 3.63) is 148 Å². The molecule has 0 aliphatic carbocycles. The quantitative estimate of drug-likeness (QED) is 0.107. The number of carbonyl (C=O) groups excluding carboxylic acids is 1. The lowest BCUT2D eigenvalue weighted by Gasteiger charge is -2.34. The highest BCUT2D eigenvalue weighted by molar-refractivity contribution is 6.32. The molecule has 1 amide bonds. The number of aromatic nitrogens is 1. The zero-order valence-corrected chi connectivity index (χ0v) is 29.7. The SMILES string of the molecule is COc1cccc(OCCc2ccc(CN3CCN(C(=O)/C=C/c4ccc(Oc5ccc(OCc6ccc(C#N)cc6)cn5)c(Cl)c4)CC3)cc2)c1. The number of nitrogens with zero attached hydrogens (tertiary/aromatic N) is 4. The van der Waals surface area contributed by atoms with Crippen LogP contribution < -0.4 is 18.9 Å². The molecule has 1 saturated heterocycles. The molecule has 0 unspecified atom stereocenters. The number of methoxy groups -OCH3 is 1. The lowest BCUT2D eigenvalue weighted by Crippen LogP contribution is -2.47. The van der Waals surface area contributed by atoms with Gasteiger partial charge in [0.05, 0.1) is 36.6 Å². The van der Waals surface area contributed by atoms with E-state index in [9.17, 15) is 4.79 Å². The fourth-order valence-electron chi connectivity index (χ4n) is 5.62. The van der Waals surface area contributed by atoms with E-state index < -0.39 is 0 Å². The van der Waals surface area contributed by atoms with Crippen LogP contribution in [0.1, 0.15) is 27.8 Å². The molecule has 0 atom stereocenters. The zero-order chi connectivity index (χ0) is 36.1. The molecule has 10 heteroatoms. The van der Waals surface area contributed by atoms with Crippen molar-refractivity contribution in [3.8, 4) is 34.9 Å². The third kappa shape index (κ3) is 10.4. The number of amides is 1. The second kappa shape index (κ2) is 17.9. The largest absolute Gasteiger partial charge is 0.497 e. The van der Waals surface area contributed by atoms with Crippen molar-refractivity contribution in [1.29, 1.82) is 5.26 Å². The van der Waals surface area contributed by atoms with Crippen molar-refractivity contribution in [3.63, 3.8) is 0 Å². The Morgan fingerprint density at radius 2 is 1.60 bits per heavy atom. The molecule has 1 aliphatic rings. The molecular formula is C42H39ClN4O5. The Hall–Kier alpha value is -5.82. The average molecular weight is 715 g/mol. The molecule has 1 aromatic heterocycles. The van der Waals surface area contributed by atoms with E-state index in [4.69, 9.17) is 35.8 Å². The van der Waals surface area contributed by atoms with Crippen LogP contribution in [0, 0.1) is 11.3 Å². The van der Waals surface area contributed by atoms with Gasteiger partial charge in [0.1, 0.15) is 29.6 Å². The lowest BCUT2D eigenvalue weighted by atomic mass is 10.1. The Morgan fingerprint density at radius 3 is 2.31 bits per heavy atom. The van der Waals surface area contributed by atoms with E-state index in [0.29, 0.717) is 54.3 Å². The predicted octanol–water partition coefficient (Wildman–Crippen LogP) is 7.97. The van der Waals surface area contributed by atoms with Crippen LogP contribution in [0.4, 0.5) is 0 Å². The van der Waals surface area contributed by atoms with E-state index in [1.807, 2.05) is 47.4 Å². The molecule has 264 valence electrons. The molecule has 5 aromatic rings. The normalized spacial score (nSPS) is 13.1. The van der Waals surface area contributed by atoms with Crippen molar-refractivity contribution in [2.75, 3.05) is 39.9 Å². The minimum atomic E-state index is -0.0256. The number of halogens is 1. The zero-order valence-electron chi connectivity index (χ0n) is 28.9. The number of rotatable bonds is 14. The summed E-state index contributed by atoms with van der Waals surface area (Å²) in [5.74, 6) is 2.97. The monoisotopic (exact) mass is 714 g/mol. The van der Waals surface area contributed by atoms with Crippen LogP contribution in [0.25, 0.3) is 6.08 Å². The molecule has 0 bridgehead atoms. The summed E-state index contributed by atoms with van der Waals surface area (Å²) in [6, 6.07) is 34.4. The smallest absolute Gasteiger partial charge is 0.246 e. The fourth-order valence-corrected chi connectivity index (χ4v) is 5.84. The fraction of sp³-hybridized carbons (Fsp3) is 0.214. The molecule has 1 fully saturated rings. The van der Waals surface area contributed by atoms with Crippen molar-refractivity contribution in [2.24, 2.45) is 0 Å². The van der Waals surface area contributed by atoms with Gasteiger partial charge in [-0.1, -0.05) is 60.1 Å². The van der Waals surface area contributed by atoms with Crippen LogP contribution in [0.5, 0.6) is 28.9 Å². The minimum absolute atomic E-state index is 0.0256. The van der Waals surface area contributed by atoms with E-state index in [-0.39, 0.29) is 5.91 Å². The van der Waals surface area contributed by atoms with E-state index in [2.05, 4.69) is 40.2 Å². The average Bonchev–Trinajstić information content (AvgIpc) is 3.19. The van der Waals surface area contributed by atoms with Gasteiger partial charge in [-0.2, -0.15) is 5.26 Å². The maximum absolute atomic E-state index is 13.0. The molecule has 52 heavy (non-hydrogen) atoms. The number of pyridine rings is 1. The van der Waals surface area contributed by atoms with Gasteiger partial charge < -0.3 is 23.8 Å². The molecule has 4 aromatic carbocycles. The highest BCUT2D eigenvalue weighted by atomic mass is 35.5. The summed E-state index contributed by atoms with van der Waals surface area (Å²) in [6.07, 6.45) is 5.77. The number of nitriles is 1. The van der Waals surface area contributed by atoms with Gasteiger partial charge in [-0.3, -0.25) is 9.69 Å². The molecule has 0 spiro atoms. The first-order valence-corrected chi connectivity index (χ1v) is 17.4. The van der Waals surface area contributed by atoms with Crippen LogP contribution >= 0.6 is 11.6 Å². The molecule has 6 rings (SSSR count). The van der Waals surface area contributed by atoms with Crippen LogP contribution in [-0.2, 0) is 24.4 Å². The Bertz CT molecular complexity index is 2000. The van der Waals surface area contributed by atoms with E-state index >= 15 is 0 Å². The number of ether oxygens (including phenoxy) is 4. The molecule has 0 N–H and O–H groups in total. The summed E-state index contributed by atoms with van der Waals surface area (Å²) >= 11 is 6.52. The third-order valence-corrected chi connectivity index (χ3v) is 8.90. The highest BCUT2D eigenvalue weighted by Crippen LogP contribution is 2.30. The summed E-state index contributed by atoms with van der Waals surface area (Å²) < 4.78 is 22.8. The highest BCUT2D eigenvalue weighted by Gasteiger charge is 2.20. The van der Waals surface area contributed by atoms with Crippen molar-refractivity contribution >= 4 is 23.6 Å². The van der Waals surface area contributed by atoms with Crippen molar-refractivity contribution in [2.45, 2.75) is 19.6 Å². The third-order valence-electron chi connectivity index (χ3n) is 8.60. The van der Waals surface area contributed by atoms with E-state index in [1.165, 1.54) is 11.1 Å². The predicted molar refractivity (Wildman–Crippen MR) is 201 cm³/mol. The number of carbonyl (C=O) groups is 1. The molecule has 2 heterocycles. The Morgan fingerprint density at radius 1 is 0.846 bits per heavy atom. The Kier molecular flexibility index (Phi) is 12.4. The van der Waals surface area contributed by atoms with Crippen molar-refractivity contribution in [1.82, 2.24) is 14.8 Å². The molecule has 0 saturated carbocycles. The minimum Gasteiger partial charge on any atom is -0.497 e. The second-order valence-corrected chi connectivity index (χ2v) is 12.7. The first kappa shape index (κ1) is 36.0. The summed E-state index contributed by atoms with van der Waals surface area (Å²) in [5, 5.41) is 9.34. The first-order chi connectivity index (χ1) is 25.4. The van der Waals surface area contributed by atoms with Crippen LogP contribution in [0.15, 0.2) is 115 Å². The number of benzene rings is 4. The summed E-state index contributed by atoms with van der Waals surface area (Å²) in [7, 11) is 1.65. The van der Waals surface area contributed by atoms with Gasteiger partial charge >= 0.3 is 0 Å². The van der Waals surface area contributed by atoms with Gasteiger partial charge in [-0.25, -0.2) is 4.98 Å². The molecular weight excluding hydrogens is 676 g/mol. The molecule has 0 radical (unpaired) electrons. The molecule has 9 nitrogen and oxygen atoms in total. The van der Waals surface area contributed by atoms with Gasteiger partial charge in [0, 0.05) is 57.4 Å². The van der Waals surface area contributed by atoms with E-state index in [0.717, 1.165) is 48.7 Å². The summed E-state index contributed by atoms with van der Waals surface area (Å²) in [6.45, 7) is 4.76. The topological polar surface area (TPSA) is 97.2 Å². The Labute approximate surface area is 309 Å². The van der Waals surface area contributed by atoms with Crippen LogP contribution in [0.3, 0.4) is 0 Å². The lowest BCUT2D eigenvalue weighted by molar-refractivity contribution is -0.127.